The Balaban J connectivity index is 1.17. The van der Waals surface area contributed by atoms with Crippen LogP contribution in [0.1, 0.15) is 44.1 Å². The Labute approximate surface area is 212 Å². The van der Waals surface area contributed by atoms with E-state index in [0.29, 0.717) is 36.9 Å². The van der Waals surface area contributed by atoms with Gasteiger partial charge in [0.1, 0.15) is 6.61 Å². The minimum atomic E-state index is -0.244. The minimum absolute atomic E-state index is 0.0304. The van der Waals surface area contributed by atoms with Crippen molar-refractivity contribution >= 4 is 17.8 Å². The van der Waals surface area contributed by atoms with Crippen LogP contribution in [0.25, 0.3) is 0 Å². The van der Waals surface area contributed by atoms with E-state index in [9.17, 15) is 9.59 Å². The zero-order valence-electron chi connectivity index (χ0n) is 20.9. The summed E-state index contributed by atoms with van der Waals surface area (Å²) in [6.07, 6.45) is 6.65. The van der Waals surface area contributed by atoms with Crippen molar-refractivity contribution in [3.63, 3.8) is 0 Å². The number of piperidine rings is 1. The number of urea groups is 1. The van der Waals surface area contributed by atoms with Gasteiger partial charge in [-0.1, -0.05) is 30.3 Å². The smallest absolute Gasteiger partial charge is 0.410 e. The van der Waals surface area contributed by atoms with Crippen molar-refractivity contribution in [1.82, 2.24) is 9.80 Å². The Kier molecular flexibility index (Phi) is 7.49. The van der Waals surface area contributed by atoms with Crippen molar-refractivity contribution in [2.45, 2.75) is 63.1 Å². The first-order valence-corrected chi connectivity index (χ1v) is 13.0. The van der Waals surface area contributed by atoms with E-state index in [-0.39, 0.29) is 30.3 Å². The summed E-state index contributed by atoms with van der Waals surface area (Å²) >= 11 is 0. The van der Waals surface area contributed by atoms with Gasteiger partial charge in [-0.2, -0.15) is 0 Å². The molecule has 192 valence electrons. The summed E-state index contributed by atoms with van der Waals surface area (Å²) in [5.41, 5.74) is 1.88. The molecule has 3 fully saturated rings. The number of hydrogen-bond acceptors (Lipinski definition) is 5. The quantitative estimate of drug-likeness (QED) is 0.582. The summed E-state index contributed by atoms with van der Waals surface area (Å²) < 4.78 is 17.0. The van der Waals surface area contributed by atoms with Gasteiger partial charge in [0.05, 0.1) is 19.3 Å². The monoisotopic (exact) mass is 493 g/mol. The second kappa shape index (κ2) is 11.1. The number of nitrogens with one attached hydrogen (secondary N) is 1. The summed E-state index contributed by atoms with van der Waals surface area (Å²) in [5.74, 6) is 1.33. The van der Waals surface area contributed by atoms with Gasteiger partial charge in [-0.15, -0.1) is 0 Å². The van der Waals surface area contributed by atoms with Crippen LogP contribution in [0.15, 0.2) is 48.5 Å². The summed E-state index contributed by atoms with van der Waals surface area (Å²) in [4.78, 5) is 29.3. The van der Waals surface area contributed by atoms with Crippen LogP contribution in [0.2, 0.25) is 0 Å². The molecule has 2 aromatic rings. The zero-order chi connectivity index (χ0) is 24.9. The van der Waals surface area contributed by atoms with Gasteiger partial charge in [0, 0.05) is 30.9 Å². The number of carbonyl (C=O) groups excluding carboxylic acids is 2. The van der Waals surface area contributed by atoms with Gasteiger partial charge in [0.15, 0.2) is 11.5 Å². The molecule has 2 aliphatic heterocycles. The first kappa shape index (κ1) is 24.3. The third-order valence-corrected chi connectivity index (χ3v) is 7.47. The Morgan fingerprint density at radius 1 is 1.03 bits per heavy atom. The summed E-state index contributed by atoms with van der Waals surface area (Å²) in [6.45, 7) is 1.58. The molecule has 0 spiro atoms. The molecule has 5 rings (SSSR count). The largest absolute Gasteiger partial charge is 0.493 e. The van der Waals surface area contributed by atoms with Gasteiger partial charge in [0.2, 0.25) is 0 Å². The van der Waals surface area contributed by atoms with Crippen molar-refractivity contribution in [2.75, 3.05) is 32.1 Å². The van der Waals surface area contributed by atoms with Crippen LogP contribution in [0.3, 0.4) is 0 Å². The first-order valence-electron chi connectivity index (χ1n) is 13.0. The fourth-order valence-corrected chi connectivity index (χ4v) is 5.54. The second-order valence-electron chi connectivity index (χ2n) is 9.87. The number of hydrogen-bond donors (Lipinski definition) is 1. The number of likely N-dealkylation sites (tertiary alicyclic amines) is 1. The maximum atomic E-state index is 13.0. The first-order chi connectivity index (χ1) is 17.6. The van der Waals surface area contributed by atoms with Crippen molar-refractivity contribution in [1.29, 1.82) is 0 Å². The molecule has 36 heavy (non-hydrogen) atoms. The van der Waals surface area contributed by atoms with Crippen LogP contribution in [0.5, 0.6) is 11.5 Å². The molecule has 1 saturated carbocycles. The van der Waals surface area contributed by atoms with Gasteiger partial charge >= 0.3 is 12.1 Å². The average Bonchev–Trinajstić information content (AvgIpc) is 3.54. The number of cyclic esters (lactones) is 1. The molecule has 1 atom stereocenters. The van der Waals surface area contributed by atoms with Crippen LogP contribution < -0.4 is 14.8 Å². The van der Waals surface area contributed by atoms with Crippen LogP contribution >= 0.6 is 0 Å². The molecule has 2 aromatic carbocycles. The van der Waals surface area contributed by atoms with Crippen molar-refractivity contribution in [3.8, 4) is 11.5 Å². The third kappa shape index (κ3) is 5.53. The van der Waals surface area contributed by atoms with Crippen LogP contribution in [0.4, 0.5) is 15.3 Å². The van der Waals surface area contributed by atoms with E-state index in [0.717, 1.165) is 32.1 Å². The van der Waals surface area contributed by atoms with Gasteiger partial charge in [-0.05, 0) is 62.6 Å². The molecule has 8 nitrogen and oxygen atoms in total. The topological polar surface area (TPSA) is 80.3 Å². The highest BCUT2D eigenvalue weighted by atomic mass is 16.6. The third-order valence-electron chi connectivity index (χ3n) is 7.47. The minimum Gasteiger partial charge on any atom is -0.493 e. The second-order valence-corrected chi connectivity index (χ2v) is 9.87. The molecular weight excluding hydrogens is 458 g/mol. The van der Waals surface area contributed by atoms with E-state index in [1.165, 1.54) is 18.4 Å². The van der Waals surface area contributed by atoms with E-state index in [4.69, 9.17) is 14.2 Å². The SMILES string of the molecule is COc1ccc(NC(=O)N2CCC(N3C(=O)OCC3Cc3ccccc3)CC2)cc1OC1CCCC1. The van der Waals surface area contributed by atoms with Gasteiger partial charge in [-0.25, -0.2) is 9.59 Å². The number of carbonyl (C=O) groups is 2. The molecular formula is C28H35N3O5. The Morgan fingerprint density at radius 2 is 1.78 bits per heavy atom. The van der Waals surface area contributed by atoms with E-state index >= 15 is 0 Å². The summed E-state index contributed by atoms with van der Waals surface area (Å²) in [6, 6.07) is 15.7. The van der Waals surface area contributed by atoms with E-state index in [1.54, 1.807) is 7.11 Å². The molecule has 1 N–H and O–H groups in total. The lowest BCUT2D eigenvalue weighted by molar-refractivity contribution is 0.116. The van der Waals surface area contributed by atoms with Crippen LogP contribution in [-0.2, 0) is 11.2 Å². The average molecular weight is 494 g/mol. The molecule has 3 amide bonds. The van der Waals surface area contributed by atoms with Crippen molar-refractivity contribution < 1.29 is 23.8 Å². The number of benzene rings is 2. The molecule has 1 unspecified atom stereocenters. The molecule has 3 aliphatic rings. The highest BCUT2D eigenvalue weighted by molar-refractivity contribution is 5.89. The Hall–Kier alpha value is -3.42. The Morgan fingerprint density at radius 3 is 2.50 bits per heavy atom. The lowest BCUT2D eigenvalue weighted by Crippen LogP contribution is -2.51. The van der Waals surface area contributed by atoms with Crippen molar-refractivity contribution in [3.05, 3.63) is 54.1 Å². The molecule has 0 radical (unpaired) electrons. The number of amides is 3. The number of ether oxygens (including phenoxy) is 3. The molecule has 2 heterocycles. The fourth-order valence-electron chi connectivity index (χ4n) is 5.54. The van der Waals surface area contributed by atoms with E-state index < -0.39 is 0 Å². The highest BCUT2D eigenvalue weighted by Crippen LogP contribution is 2.34. The summed E-state index contributed by atoms with van der Waals surface area (Å²) in [7, 11) is 1.62. The number of methoxy groups -OCH3 is 1. The van der Waals surface area contributed by atoms with Crippen molar-refractivity contribution in [2.24, 2.45) is 0 Å². The molecule has 0 aromatic heterocycles. The lowest BCUT2D eigenvalue weighted by Gasteiger charge is -2.37. The van der Waals surface area contributed by atoms with Gasteiger partial charge in [-0.3, -0.25) is 4.90 Å². The van der Waals surface area contributed by atoms with E-state index in [2.05, 4.69) is 17.4 Å². The Bertz CT molecular complexity index is 1050. The molecule has 2 saturated heterocycles. The number of anilines is 1. The normalized spacial score (nSPS) is 20.9. The molecule has 1 aliphatic carbocycles. The molecule has 0 bridgehead atoms. The fraction of sp³-hybridized carbons (Fsp3) is 0.500. The molecule has 8 heteroatoms. The van der Waals surface area contributed by atoms with Gasteiger partial charge < -0.3 is 24.4 Å². The van der Waals surface area contributed by atoms with Crippen LogP contribution in [-0.4, -0.2) is 66.9 Å². The predicted octanol–water partition coefficient (Wildman–Crippen LogP) is 5.08. The summed E-state index contributed by atoms with van der Waals surface area (Å²) in [5, 5.41) is 3.01. The maximum absolute atomic E-state index is 13.0. The highest BCUT2D eigenvalue weighted by Gasteiger charge is 2.39. The number of rotatable bonds is 7. The lowest BCUT2D eigenvalue weighted by atomic mass is 9.99. The van der Waals surface area contributed by atoms with Gasteiger partial charge in [0.25, 0.3) is 0 Å². The van der Waals surface area contributed by atoms with Crippen LogP contribution in [0, 0.1) is 0 Å². The zero-order valence-corrected chi connectivity index (χ0v) is 20.9. The number of nitrogens with zero attached hydrogens (tertiary/aromatic N) is 2. The maximum Gasteiger partial charge on any atom is 0.410 e. The van der Waals surface area contributed by atoms with E-state index in [1.807, 2.05) is 46.2 Å². The predicted molar refractivity (Wildman–Crippen MR) is 137 cm³/mol. The standard InChI is InChI=1S/C28H35N3O5/c1-34-25-12-11-21(18-26(25)36-24-9-5-6-10-24)29-27(32)30-15-13-22(14-16-30)31-23(19-35-28(31)33)17-20-7-3-2-4-8-20/h2-4,7-8,11-12,18,22-24H,5-6,9-10,13-17,19H2,1H3,(H,29,32).